The third-order valence-corrected chi connectivity index (χ3v) is 3.28. The molecule has 0 saturated carbocycles. The number of benzene rings is 1. The van der Waals surface area contributed by atoms with Crippen LogP contribution in [0.1, 0.15) is 35.7 Å². The van der Waals surface area contributed by atoms with Crippen molar-refractivity contribution in [2.45, 2.75) is 25.8 Å². The third-order valence-electron chi connectivity index (χ3n) is 3.28. The summed E-state index contributed by atoms with van der Waals surface area (Å²) in [6.45, 7) is 6.11. The monoisotopic (exact) mass is 231 g/mol. The van der Waals surface area contributed by atoms with Crippen LogP contribution in [0, 0.1) is 0 Å². The average Bonchev–Trinajstić information content (AvgIpc) is 2.61. The van der Waals surface area contributed by atoms with Gasteiger partial charge in [-0.05, 0) is 18.9 Å². The van der Waals surface area contributed by atoms with Gasteiger partial charge in [0.25, 0.3) is 5.91 Å². The van der Waals surface area contributed by atoms with Crippen LogP contribution in [0.3, 0.4) is 0 Å². The molecule has 3 nitrogen and oxygen atoms in total. The van der Waals surface area contributed by atoms with Gasteiger partial charge in [0.05, 0.1) is 0 Å². The quantitative estimate of drug-likeness (QED) is 0.863. The molecule has 1 heterocycles. The van der Waals surface area contributed by atoms with Gasteiger partial charge in [-0.15, -0.1) is 0 Å². The summed E-state index contributed by atoms with van der Waals surface area (Å²) >= 11 is 0. The molecule has 0 fully saturated rings. The number of rotatable bonds is 4. The molecule has 1 aromatic carbocycles. The Morgan fingerprint density at radius 2 is 2.00 bits per heavy atom. The van der Waals surface area contributed by atoms with E-state index in [0.29, 0.717) is 12.0 Å². The van der Waals surface area contributed by atoms with Gasteiger partial charge in [-0.25, -0.2) is 0 Å². The van der Waals surface area contributed by atoms with Gasteiger partial charge in [0, 0.05) is 29.5 Å². The molecule has 0 radical (unpaired) electrons. The summed E-state index contributed by atoms with van der Waals surface area (Å²) in [7, 11) is 0. The Kier molecular flexibility index (Phi) is 3.29. The van der Waals surface area contributed by atoms with Crippen LogP contribution in [-0.2, 0) is 0 Å². The van der Waals surface area contributed by atoms with Gasteiger partial charge in [0.2, 0.25) is 0 Å². The molecule has 0 aromatic heterocycles. The number of amides is 1. The Balaban J connectivity index is 2.35. The molecule has 90 valence electrons. The highest BCUT2D eigenvalue weighted by Gasteiger charge is 2.34. The molecule has 0 spiro atoms. The van der Waals surface area contributed by atoms with Gasteiger partial charge in [0.1, 0.15) is 0 Å². The summed E-state index contributed by atoms with van der Waals surface area (Å²) in [5, 5.41) is 9.05. The maximum absolute atomic E-state index is 12.3. The minimum absolute atomic E-state index is 0.00546. The fourth-order valence-corrected chi connectivity index (χ4v) is 2.35. The molecule has 17 heavy (non-hydrogen) atoms. The van der Waals surface area contributed by atoms with E-state index in [2.05, 4.69) is 6.58 Å². The molecule has 1 aliphatic rings. The summed E-state index contributed by atoms with van der Waals surface area (Å²) in [5.74, 6) is 0.00546. The Morgan fingerprint density at radius 1 is 1.35 bits per heavy atom. The zero-order valence-electron chi connectivity index (χ0n) is 10.0. The predicted octanol–water partition coefficient (Wildman–Crippen LogP) is 2.27. The molecule has 1 N–H and O–H groups in total. The van der Waals surface area contributed by atoms with Crippen molar-refractivity contribution in [3.63, 3.8) is 0 Å². The van der Waals surface area contributed by atoms with E-state index in [1.54, 1.807) is 4.90 Å². The molecule has 2 rings (SSSR count). The SMILES string of the molecule is C=C1c2ccccc2C(=O)N1C(CC)CCO. The largest absolute Gasteiger partial charge is 0.396 e. The summed E-state index contributed by atoms with van der Waals surface area (Å²) in [6, 6.07) is 7.55. The van der Waals surface area contributed by atoms with Crippen molar-refractivity contribution in [3.05, 3.63) is 42.0 Å². The van der Waals surface area contributed by atoms with E-state index >= 15 is 0 Å². The first kappa shape index (κ1) is 11.9. The smallest absolute Gasteiger partial charge is 0.259 e. The van der Waals surface area contributed by atoms with Crippen LogP contribution < -0.4 is 0 Å². The Labute approximate surface area is 101 Å². The van der Waals surface area contributed by atoms with E-state index in [1.807, 2.05) is 31.2 Å². The van der Waals surface area contributed by atoms with Crippen LogP contribution in [0.15, 0.2) is 30.8 Å². The Morgan fingerprint density at radius 3 is 2.53 bits per heavy atom. The van der Waals surface area contributed by atoms with Crippen LogP contribution in [0.5, 0.6) is 0 Å². The van der Waals surface area contributed by atoms with Crippen molar-refractivity contribution >= 4 is 11.6 Å². The second-order valence-corrected chi connectivity index (χ2v) is 4.24. The highest BCUT2D eigenvalue weighted by molar-refractivity contribution is 6.09. The van der Waals surface area contributed by atoms with Crippen LogP contribution in [0.4, 0.5) is 0 Å². The minimum atomic E-state index is 0.00546. The zero-order valence-corrected chi connectivity index (χ0v) is 10.0. The van der Waals surface area contributed by atoms with Crippen LogP contribution in [0.2, 0.25) is 0 Å². The topological polar surface area (TPSA) is 40.5 Å². The second-order valence-electron chi connectivity index (χ2n) is 4.24. The normalized spacial score (nSPS) is 16.2. The number of aliphatic hydroxyl groups excluding tert-OH is 1. The molecule has 0 bridgehead atoms. The summed E-state index contributed by atoms with van der Waals surface area (Å²) in [5.41, 5.74) is 2.38. The van der Waals surface area contributed by atoms with Crippen LogP contribution in [0.25, 0.3) is 5.70 Å². The van der Waals surface area contributed by atoms with Gasteiger partial charge in [-0.3, -0.25) is 4.79 Å². The molecule has 0 saturated heterocycles. The van der Waals surface area contributed by atoms with Gasteiger partial charge in [0.15, 0.2) is 0 Å². The molecule has 1 aromatic rings. The lowest BCUT2D eigenvalue weighted by Crippen LogP contribution is -2.34. The lowest BCUT2D eigenvalue weighted by molar-refractivity contribution is 0.0782. The van der Waals surface area contributed by atoms with E-state index in [-0.39, 0.29) is 18.6 Å². The first-order valence-electron chi connectivity index (χ1n) is 5.93. The number of hydrogen-bond acceptors (Lipinski definition) is 2. The fraction of sp³-hybridized carbons (Fsp3) is 0.357. The third kappa shape index (κ3) is 1.87. The molecular weight excluding hydrogens is 214 g/mol. The van der Waals surface area contributed by atoms with Gasteiger partial charge in [-0.2, -0.15) is 0 Å². The molecule has 1 amide bonds. The molecule has 1 aliphatic heterocycles. The van der Waals surface area contributed by atoms with Crippen molar-refractivity contribution < 1.29 is 9.90 Å². The predicted molar refractivity (Wildman–Crippen MR) is 67.4 cm³/mol. The highest BCUT2D eigenvalue weighted by Crippen LogP contribution is 2.34. The van der Waals surface area contributed by atoms with Gasteiger partial charge in [-0.1, -0.05) is 31.7 Å². The molecule has 1 atom stereocenters. The minimum Gasteiger partial charge on any atom is -0.396 e. The van der Waals surface area contributed by atoms with Crippen LogP contribution >= 0.6 is 0 Å². The van der Waals surface area contributed by atoms with Crippen molar-refractivity contribution in [2.75, 3.05) is 6.61 Å². The fourth-order valence-electron chi connectivity index (χ4n) is 2.35. The number of carbonyl (C=O) groups excluding carboxylic acids is 1. The highest BCUT2D eigenvalue weighted by atomic mass is 16.3. The maximum atomic E-state index is 12.3. The number of aliphatic hydroxyl groups is 1. The first-order chi connectivity index (χ1) is 8.20. The van der Waals surface area contributed by atoms with E-state index in [1.165, 1.54) is 0 Å². The summed E-state index contributed by atoms with van der Waals surface area (Å²) < 4.78 is 0. The summed E-state index contributed by atoms with van der Waals surface area (Å²) in [6.07, 6.45) is 1.41. The van der Waals surface area contributed by atoms with Gasteiger partial charge < -0.3 is 10.0 Å². The lowest BCUT2D eigenvalue weighted by Gasteiger charge is -2.27. The maximum Gasteiger partial charge on any atom is 0.259 e. The van der Waals surface area contributed by atoms with Crippen molar-refractivity contribution in [3.8, 4) is 0 Å². The lowest BCUT2D eigenvalue weighted by atomic mass is 10.1. The standard InChI is InChI=1S/C14H17NO2/c1-3-11(8-9-16)15-10(2)12-6-4-5-7-13(12)14(15)17/h4-7,11,16H,2-3,8-9H2,1H3. The van der Waals surface area contributed by atoms with Crippen molar-refractivity contribution in [1.29, 1.82) is 0 Å². The van der Waals surface area contributed by atoms with Crippen molar-refractivity contribution in [2.24, 2.45) is 0 Å². The molecular formula is C14H17NO2. The molecule has 1 unspecified atom stereocenters. The molecule has 3 heteroatoms. The number of hydrogen-bond donors (Lipinski definition) is 1. The average molecular weight is 231 g/mol. The zero-order chi connectivity index (χ0) is 12.4. The van der Waals surface area contributed by atoms with E-state index in [9.17, 15) is 4.79 Å². The second kappa shape index (κ2) is 4.72. The molecule has 0 aliphatic carbocycles. The summed E-state index contributed by atoms with van der Waals surface area (Å²) in [4.78, 5) is 14.0. The van der Waals surface area contributed by atoms with E-state index in [4.69, 9.17) is 5.11 Å². The number of fused-ring (bicyclic) bond motifs is 1. The first-order valence-corrected chi connectivity index (χ1v) is 5.93. The Bertz CT molecular complexity index is 418. The van der Waals surface area contributed by atoms with E-state index in [0.717, 1.165) is 17.7 Å². The van der Waals surface area contributed by atoms with Crippen molar-refractivity contribution in [1.82, 2.24) is 4.90 Å². The van der Waals surface area contributed by atoms with Gasteiger partial charge >= 0.3 is 0 Å². The number of carbonyl (C=O) groups is 1. The van der Waals surface area contributed by atoms with E-state index < -0.39 is 0 Å². The number of nitrogens with zero attached hydrogens (tertiary/aromatic N) is 1. The van der Waals surface area contributed by atoms with Crippen LogP contribution in [-0.4, -0.2) is 28.6 Å². The Hall–Kier alpha value is -1.61.